The van der Waals surface area contributed by atoms with Gasteiger partial charge in [0.25, 0.3) is 11.1 Å². The minimum absolute atomic E-state index is 0. The van der Waals surface area contributed by atoms with Crippen LogP contribution in [0.25, 0.3) is 11.3 Å². The molecule has 0 saturated carbocycles. The average Bonchev–Trinajstić information content (AvgIpc) is 3.82. The molecule has 6 aromatic rings. The first-order valence-electron chi connectivity index (χ1n) is 20.3. The Balaban J connectivity index is 0.000000203. The normalized spacial score (nSPS) is 18.6. The van der Waals surface area contributed by atoms with E-state index in [1.165, 1.54) is 36.8 Å². The van der Waals surface area contributed by atoms with Gasteiger partial charge in [-0.2, -0.15) is 10.2 Å². The van der Waals surface area contributed by atoms with Crippen LogP contribution >= 0.6 is 70.4 Å². The lowest BCUT2D eigenvalue weighted by Gasteiger charge is -2.38. The molecule has 0 radical (unpaired) electrons. The topological polar surface area (TPSA) is 202 Å². The third kappa shape index (κ3) is 13.8. The maximum absolute atomic E-state index is 13.7. The summed E-state index contributed by atoms with van der Waals surface area (Å²) in [4.78, 5) is 35.1. The molecule has 3 N–H and O–H groups in total. The number of hydrogen-bond donors (Lipinski definition) is 3. The number of amides is 1. The highest BCUT2D eigenvalue weighted by molar-refractivity contribution is 7.92. The van der Waals surface area contributed by atoms with Crippen LogP contribution in [-0.4, -0.2) is 87.7 Å². The van der Waals surface area contributed by atoms with Gasteiger partial charge in [0, 0.05) is 52.2 Å². The van der Waals surface area contributed by atoms with E-state index >= 15 is 0 Å². The molecule has 8 rings (SSSR count). The van der Waals surface area contributed by atoms with E-state index in [2.05, 4.69) is 48.8 Å². The number of nitrogens with zero attached hydrogens (tertiary/aromatic N) is 7. The zero-order valence-electron chi connectivity index (χ0n) is 36.5. The molecule has 2 fully saturated rings. The molecule has 0 spiro atoms. The van der Waals surface area contributed by atoms with Crippen molar-refractivity contribution in [2.75, 3.05) is 35.0 Å². The molecular weight excluding hydrogens is 1020 g/mol. The predicted octanol–water partition coefficient (Wildman–Crippen LogP) is 9.59. The van der Waals surface area contributed by atoms with E-state index in [1.54, 1.807) is 21.7 Å². The molecule has 4 aromatic heterocycles. The summed E-state index contributed by atoms with van der Waals surface area (Å²) in [6.07, 6.45) is 9.79. The minimum Gasteiger partial charge on any atom is -0.330 e. The number of benzene rings is 2. The summed E-state index contributed by atoms with van der Waals surface area (Å²) >= 11 is 29.3. The number of rotatable bonds is 8. The van der Waals surface area contributed by atoms with Gasteiger partial charge >= 0.3 is 0 Å². The number of piperidine rings is 2. The molecule has 6 heterocycles. The Labute approximate surface area is 414 Å². The van der Waals surface area contributed by atoms with Gasteiger partial charge < -0.3 is 10.2 Å². The van der Waals surface area contributed by atoms with Gasteiger partial charge in [-0.25, -0.2) is 35.8 Å². The van der Waals surface area contributed by atoms with Gasteiger partial charge in [-0.05, 0) is 106 Å². The van der Waals surface area contributed by atoms with Crippen molar-refractivity contribution in [3.8, 4) is 0 Å². The number of anilines is 2. The highest BCUT2D eigenvalue weighted by Crippen LogP contribution is 2.36. The summed E-state index contributed by atoms with van der Waals surface area (Å²) < 4.78 is 53.6. The SMILES string of the molecule is CS(=O)(=O)Nc1ccc(Cl)cc1C(=O)Cl.Cc1cn2nc([C@@H]3CC[C@H](C)CN3)cc2nc1Cl.Cc1cn2nc([C@@H]3CC[C@H](C)CN3C(=O)c3cc(Cl)ccc3NS(C)(=O)=O)cc2nc1Cl.Cl. The number of carbonyl (C=O) groups is 2. The van der Waals surface area contributed by atoms with E-state index in [0.29, 0.717) is 44.3 Å². The number of hydrogen-bond acceptors (Lipinski definition) is 11. The predicted molar refractivity (Wildman–Crippen MR) is 264 cm³/mol. The third-order valence-electron chi connectivity index (χ3n) is 10.6. The molecule has 2 aliphatic heterocycles. The summed E-state index contributed by atoms with van der Waals surface area (Å²) in [6, 6.07) is 12.6. The molecule has 2 aromatic carbocycles. The van der Waals surface area contributed by atoms with Crippen molar-refractivity contribution in [2.45, 2.75) is 65.5 Å². The minimum atomic E-state index is -3.58. The number of halogens is 6. The summed E-state index contributed by atoms with van der Waals surface area (Å²) in [7, 11) is -7.03. The Morgan fingerprint density at radius 3 is 1.68 bits per heavy atom. The molecule has 24 heteroatoms. The fourth-order valence-electron chi connectivity index (χ4n) is 7.39. The number of aryl methyl sites for hydroxylation is 2. The Bertz CT molecular complexity index is 2900. The fourth-order valence-corrected chi connectivity index (χ4v) is 9.31. The van der Waals surface area contributed by atoms with Crippen molar-refractivity contribution in [2.24, 2.45) is 11.8 Å². The first-order valence-corrected chi connectivity index (χ1v) is 26.0. The van der Waals surface area contributed by atoms with Crippen molar-refractivity contribution in [3.63, 3.8) is 0 Å². The number of carbonyl (C=O) groups excluding carboxylic acids is 2. The second kappa shape index (κ2) is 22.0. The van der Waals surface area contributed by atoms with Gasteiger partial charge in [0.15, 0.2) is 11.3 Å². The molecule has 0 unspecified atom stereocenters. The molecule has 4 atom stereocenters. The van der Waals surface area contributed by atoms with Crippen LogP contribution in [0, 0.1) is 25.7 Å². The first-order chi connectivity index (χ1) is 30.4. The highest BCUT2D eigenvalue weighted by atomic mass is 35.5. The van der Waals surface area contributed by atoms with Crippen LogP contribution in [0.3, 0.4) is 0 Å². The van der Waals surface area contributed by atoms with Crippen molar-refractivity contribution in [1.82, 2.24) is 39.4 Å². The second-order valence-corrected chi connectivity index (χ2v) is 21.8. The van der Waals surface area contributed by atoms with Crippen LogP contribution < -0.4 is 14.8 Å². The molecule has 0 aliphatic carbocycles. The van der Waals surface area contributed by atoms with Gasteiger partial charge in [-0.3, -0.25) is 19.0 Å². The van der Waals surface area contributed by atoms with Crippen LogP contribution in [0.1, 0.15) is 94.8 Å². The Morgan fingerprint density at radius 1 is 0.697 bits per heavy atom. The van der Waals surface area contributed by atoms with Crippen LogP contribution in [0.4, 0.5) is 11.4 Å². The van der Waals surface area contributed by atoms with Gasteiger partial charge in [0.2, 0.25) is 20.0 Å². The monoisotopic (exact) mass is 1060 g/mol. The molecule has 356 valence electrons. The molecule has 1 amide bonds. The van der Waals surface area contributed by atoms with Crippen LogP contribution in [0.5, 0.6) is 0 Å². The second-order valence-electron chi connectivity index (χ2n) is 16.4. The molecule has 2 aliphatic rings. The largest absolute Gasteiger partial charge is 0.330 e. The van der Waals surface area contributed by atoms with Crippen molar-refractivity contribution < 1.29 is 26.4 Å². The van der Waals surface area contributed by atoms with Gasteiger partial charge in [0.1, 0.15) is 10.3 Å². The number of aromatic nitrogens is 6. The lowest BCUT2D eigenvalue weighted by molar-refractivity contribution is 0.0538. The summed E-state index contributed by atoms with van der Waals surface area (Å²) in [5.74, 6) is 0.732. The Hall–Kier alpha value is -3.98. The van der Waals surface area contributed by atoms with E-state index in [4.69, 9.17) is 58.0 Å². The lowest BCUT2D eigenvalue weighted by Crippen LogP contribution is -2.42. The van der Waals surface area contributed by atoms with Crippen LogP contribution in [0.15, 0.2) is 60.9 Å². The zero-order valence-corrected chi connectivity index (χ0v) is 42.7. The summed E-state index contributed by atoms with van der Waals surface area (Å²) in [5.41, 5.74) is 5.47. The van der Waals surface area contributed by atoms with Crippen LogP contribution in [-0.2, 0) is 20.0 Å². The standard InChI is InChI=1S/C21H23Cl2N5O3S.C13H17ClN4.C8H7Cl2NO3S.ClH/c1-12-4-7-18(17-9-19-24-20(23)13(2)11-28(19)25-17)27(10-12)21(29)15-8-14(22)5-6-16(15)26-32(3,30)31;1-8-3-4-10(15-6-8)11-5-12-16-13(14)9(2)7-18(12)17-11;1-15(13,14)11-7-3-2-5(9)4-6(7)8(10)12;/h5-6,8-9,11-12,18,26H,4,7,10H2,1-3H3;5,7-8,10,15H,3-4,6H2,1-2H3;2-4,11H,1H3;1H/t12-,18-;8-,10-;;/m00../s1. The van der Waals surface area contributed by atoms with Crippen molar-refractivity contribution in [3.05, 3.63) is 115 Å². The average molecular weight is 1070 g/mol. The van der Waals surface area contributed by atoms with Gasteiger partial charge in [-0.1, -0.05) is 60.3 Å². The Kier molecular flexibility index (Phi) is 17.6. The van der Waals surface area contributed by atoms with E-state index in [-0.39, 0.29) is 52.8 Å². The van der Waals surface area contributed by atoms with Gasteiger partial charge in [-0.15, -0.1) is 12.4 Å². The fraction of sp³-hybridized carbons (Fsp3) is 0.381. The quantitative estimate of drug-likeness (QED) is 0.0968. The van der Waals surface area contributed by atoms with Gasteiger partial charge in [0.05, 0.1) is 58.5 Å². The number of sulfonamides is 2. The molecular formula is C42H48Cl6N10O6S2. The molecule has 0 bridgehead atoms. The zero-order chi connectivity index (χ0) is 47.5. The van der Waals surface area contributed by atoms with Crippen molar-refractivity contribution >= 4 is 124 Å². The van der Waals surface area contributed by atoms with E-state index in [9.17, 15) is 26.4 Å². The molecule has 16 nitrogen and oxygen atoms in total. The van der Waals surface area contributed by atoms with Crippen LogP contribution in [0.2, 0.25) is 20.4 Å². The van der Waals surface area contributed by atoms with E-state index in [0.717, 1.165) is 66.7 Å². The number of likely N-dealkylation sites (tertiary alicyclic amines) is 1. The third-order valence-corrected chi connectivity index (χ3v) is 13.2. The summed E-state index contributed by atoms with van der Waals surface area (Å²) in [6.45, 7) is 9.72. The van der Waals surface area contributed by atoms with E-state index < -0.39 is 25.3 Å². The molecule has 2 saturated heterocycles. The first kappa shape index (κ1) is 53.0. The molecule has 66 heavy (non-hydrogen) atoms. The smallest absolute Gasteiger partial charge is 0.256 e. The number of fused-ring (bicyclic) bond motifs is 2. The lowest BCUT2D eigenvalue weighted by atomic mass is 9.91. The van der Waals surface area contributed by atoms with Crippen molar-refractivity contribution in [1.29, 1.82) is 0 Å². The number of nitrogens with one attached hydrogen (secondary N) is 3. The highest BCUT2D eigenvalue weighted by Gasteiger charge is 2.35. The summed E-state index contributed by atoms with van der Waals surface area (Å²) in [5, 5.41) is 13.6. The Morgan fingerprint density at radius 2 is 1.18 bits per heavy atom. The van der Waals surface area contributed by atoms with E-state index in [1.807, 2.05) is 36.7 Å². The maximum atomic E-state index is 13.7. The maximum Gasteiger partial charge on any atom is 0.256 e.